The van der Waals surface area contributed by atoms with Crippen molar-refractivity contribution in [3.63, 3.8) is 0 Å². The zero-order chi connectivity index (χ0) is 9.99. The van der Waals surface area contributed by atoms with Crippen LogP contribution in [0.1, 0.15) is 34.6 Å². The largest absolute Gasteiger partial charge is 0.459 e. The maximum absolute atomic E-state index is 11.4. The van der Waals surface area contributed by atoms with E-state index in [4.69, 9.17) is 4.74 Å². The van der Waals surface area contributed by atoms with Gasteiger partial charge < -0.3 is 10.1 Å². The third-order valence-electron chi connectivity index (χ3n) is 1.53. The number of ether oxygens (including phenoxy) is 1. The SMILES string of the molecule is CNC(C)(C)C(=O)OC(C)(C)C. The monoisotopic (exact) mass is 173 g/mol. The Balaban J connectivity index is 4.23. The van der Waals surface area contributed by atoms with Gasteiger partial charge in [-0.3, -0.25) is 4.79 Å². The molecular formula is C9H19NO2. The summed E-state index contributed by atoms with van der Waals surface area (Å²) in [6.45, 7) is 9.16. The predicted octanol–water partition coefficient (Wildman–Crippen LogP) is 1.33. The number of esters is 1. The number of carbonyl (C=O) groups excluding carboxylic acids is 1. The second-order valence-electron chi connectivity index (χ2n) is 4.38. The van der Waals surface area contributed by atoms with Crippen LogP contribution in [0.25, 0.3) is 0 Å². The Labute approximate surface area is 74.5 Å². The molecule has 12 heavy (non-hydrogen) atoms. The fourth-order valence-corrected chi connectivity index (χ4v) is 0.508. The van der Waals surface area contributed by atoms with E-state index < -0.39 is 11.1 Å². The second kappa shape index (κ2) is 3.44. The van der Waals surface area contributed by atoms with E-state index >= 15 is 0 Å². The fourth-order valence-electron chi connectivity index (χ4n) is 0.508. The summed E-state index contributed by atoms with van der Waals surface area (Å²) in [4.78, 5) is 11.4. The molecule has 0 aromatic heterocycles. The number of hydrogen-bond donors (Lipinski definition) is 1. The summed E-state index contributed by atoms with van der Waals surface area (Å²) < 4.78 is 5.19. The summed E-state index contributed by atoms with van der Waals surface area (Å²) in [5.41, 5.74) is -1.02. The lowest BCUT2D eigenvalue weighted by atomic mass is 10.1. The average Bonchev–Trinajstić information content (AvgIpc) is 1.84. The number of carbonyl (C=O) groups is 1. The van der Waals surface area contributed by atoms with Crippen molar-refractivity contribution in [1.29, 1.82) is 0 Å². The molecule has 0 heterocycles. The van der Waals surface area contributed by atoms with Crippen LogP contribution in [-0.2, 0) is 9.53 Å². The van der Waals surface area contributed by atoms with Gasteiger partial charge in [-0.2, -0.15) is 0 Å². The van der Waals surface area contributed by atoms with E-state index in [9.17, 15) is 4.79 Å². The third kappa shape index (κ3) is 3.72. The van der Waals surface area contributed by atoms with Gasteiger partial charge in [0.2, 0.25) is 0 Å². The molecule has 0 aromatic rings. The number of hydrogen-bond acceptors (Lipinski definition) is 3. The van der Waals surface area contributed by atoms with Gasteiger partial charge in [0.15, 0.2) is 0 Å². The van der Waals surface area contributed by atoms with E-state index in [-0.39, 0.29) is 5.97 Å². The van der Waals surface area contributed by atoms with E-state index in [1.54, 1.807) is 20.9 Å². The molecule has 0 fully saturated rings. The van der Waals surface area contributed by atoms with Crippen LogP contribution in [0.3, 0.4) is 0 Å². The molecule has 0 aromatic carbocycles. The predicted molar refractivity (Wildman–Crippen MR) is 49.0 cm³/mol. The van der Waals surface area contributed by atoms with Gasteiger partial charge in [-0.1, -0.05) is 0 Å². The average molecular weight is 173 g/mol. The number of rotatable bonds is 2. The summed E-state index contributed by atoms with van der Waals surface area (Å²) in [5.74, 6) is -0.225. The van der Waals surface area contributed by atoms with Crippen molar-refractivity contribution in [3.8, 4) is 0 Å². The molecule has 3 heteroatoms. The lowest BCUT2D eigenvalue weighted by molar-refractivity contribution is -0.161. The third-order valence-corrected chi connectivity index (χ3v) is 1.53. The van der Waals surface area contributed by atoms with E-state index in [0.29, 0.717) is 0 Å². The van der Waals surface area contributed by atoms with Gasteiger partial charge in [-0.15, -0.1) is 0 Å². The molecule has 0 aliphatic carbocycles. The lowest BCUT2D eigenvalue weighted by Crippen LogP contribution is -2.48. The molecule has 0 aliphatic rings. The van der Waals surface area contributed by atoms with Crippen LogP contribution in [0.5, 0.6) is 0 Å². The standard InChI is InChI=1S/C9H19NO2/c1-8(2,3)12-7(11)9(4,5)10-6/h10H,1-6H3. The van der Waals surface area contributed by atoms with Crippen molar-refractivity contribution in [3.05, 3.63) is 0 Å². The molecule has 0 rings (SSSR count). The maximum Gasteiger partial charge on any atom is 0.326 e. The lowest BCUT2D eigenvalue weighted by Gasteiger charge is -2.27. The van der Waals surface area contributed by atoms with Crippen LogP contribution in [0, 0.1) is 0 Å². The van der Waals surface area contributed by atoms with Gasteiger partial charge in [0.05, 0.1) is 0 Å². The minimum atomic E-state index is -0.604. The van der Waals surface area contributed by atoms with Crippen molar-refractivity contribution in [2.24, 2.45) is 0 Å². The van der Waals surface area contributed by atoms with Crippen molar-refractivity contribution < 1.29 is 9.53 Å². The van der Waals surface area contributed by atoms with Crippen molar-refractivity contribution >= 4 is 5.97 Å². The zero-order valence-electron chi connectivity index (χ0n) is 8.82. The van der Waals surface area contributed by atoms with Gasteiger partial charge in [0, 0.05) is 0 Å². The molecule has 0 bridgehead atoms. The Kier molecular flexibility index (Phi) is 3.27. The first kappa shape index (κ1) is 11.4. The molecule has 0 spiro atoms. The minimum absolute atomic E-state index is 0.225. The highest BCUT2D eigenvalue weighted by atomic mass is 16.6. The van der Waals surface area contributed by atoms with E-state index in [1.807, 2.05) is 20.8 Å². The van der Waals surface area contributed by atoms with E-state index in [1.165, 1.54) is 0 Å². The van der Waals surface area contributed by atoms with Crippen molar-refractivity contribution in [2.75, 3.05) is 7.05 Å². The number of nitrogens with one attached hydrogen (secondary N) is 1. The summed E-state index contributed by atoms with van der Waals surface area (Å²) in [6, 6.07) is 0. The molecule has 0 amide bonds. The van der Waals surface area contributed by atoms with Crippen molar-refractivity contribution in [2.45, 2.75) is 45.8 Å². The first-order valence-corrected chi connectivity index (χ1v) is 4.11. The summed E-state index contributed by atoms with van der Waals surface area (Å²) in [6.07, 6.45) is 0. The molecule has 0 unspecified atom stereocenters. The zero-order valence-corrected chi connectivity index (χ0v) is 8.82. The molecule has 0 saturated heterocycles. The van der Waals surface area contributed by atoms with Crippen LogP contribution in [0.2, 0.25) is 0 Å². The van der Waals surface area contributed by atoms with Gasteiger partial charge >= 0.3 is 5.97 Å². The molecule has 0 saturated carbocycles. The number of likely N-dealkylation sites (N-methyl/N-ethyl adjacent to an activating group) is 1. The van der Waals surface area contributed by atoms with Gasteiger partial charge in [-0.05, 0) is 41.7 Å². The van der Waals surface area contributed by atoms with E-state index in [2.05, 4.69) is 5.32 Å². The highest BCUT2D eigenvalue weighted by molar-refractivity contribution is 5.80. The Hall–Kier alpha value is -0.570. The van der Waals surface area contributed by atoms with Gasteiger partial charge in [-0.25, -0.2) is 0 Å². The summed E-state index contributed by atoms with van der Waals surface area (Å²) in [7, 11) is 1.74. The molecule has 0 aliphatic heterocycles. The highest BCUT2D eigenvalue weighted by Crippen LogP contribution is 2.13. The molecule has 3 nitrogen and oxygen atoms in total. The summed E-state index contributed by atoms with van der Waals surface area (Å²) in [5, 5.41) is 2.89. The Bertz CT molecular complexity index is 168. The Morgan fingerprint density at radius 1 is 1.17 bits per heavy atom. The van der Waals surface area contributed by atoms with Gasteiger partial charge in [0.1, 0.15) is 11.1 Å². The van der Waals surface area contributed by atoms with E-state index in [0.717, 1.165) is 0 Å². The molecule has 1 N–H and O–H groups in total. The topological polar surface area (TPSA) is 38.3 Å². The first-order valence-electron chi connectivity index (χ1n) is 4.11. The molecule has 0 atom stereocenters. The normalized spacial score (nSPS) is 12.8. The molecule has 72 valence electrons. The molecule has 0 radical (unpaired) electrons. The smallest absolute Gasteiger partial charge is 0.326 e. The van der Waals surface area contributed by atoms with Crippen LogP contribution >= 0.6 is 0 Å². The second-order valence-corrected chi connectivity index (χ2v) is 4.38. The van der Waals surface area contributed by atoms with Crippen LogP contribution in [0.4, 0.5) is 0 Å². The first-order chi connectivity index (χ1) is 5.19. The minimum Gasteiger partial charge on any atom is -0.459 e. The fraction of sp³-hybridized carbons (Fsp3) is 0.889. The van der Waals surface area contributed by atoms with Crippen molar-refractivity contribution in [1.82, 2.24) is 5.32 Å². The van der Waals surface area contributed by atoms with Crippen LogP contribution in [0.15, 0.2) is 0 Å². The van der Waals surface area contributed by atoms with Gasteiger partial charge in [0.25, 0.3) is 0 Å². The summed E-state index contributed by atoms with van der Waals surface area (Å²) >= 11 is 0. The highest BCUT2D eigenvalue weighted by Gasteiger charge is 2.30. The quantitative estimate of drug-likeness (QED) is 0.640. The van der Waals surface area contributed by atoms with Crippen LogP contribution in [-0.4, -0.2) is 24.2 Å². The van der Waals surface area contributed by atoms with Crippen LogP contribution < -0.4 is 5.32 Å². The maximum atomic E-state index is 11.4. The molecular weight excluding hydrogens is 154 g/mol. The Morgan fingerprint density at radius 3 is 1.83 bits per heavy atom. The Morgan fingerprint density at radius 2 is 1.58 bits per heavy atom.